The number of methoxy groups -OCH3 is 1. The molecular weight excluding hydrogens is 626 g/mol. The van der Waals surface area contributed by atoms with Gasteiger partial charge in [0.15, 0.2) is 0 Å². The Morgan fingerprint density at radius 1 is 0.978 bits per heavy atom. The smallest absolute Gasteiger partial charge is 0.323 e. The third kappa shape index (κ3) is 7.18. The number of nitrogens with zero attached hydrogens (tertiary/aromatic N) is 2. The molecule has 0 radical (unpaired) electrons. The van der Waals surface area contributed by atoms with Gasteiger partial charge in [-0.2, -0.15) is 0 Å². The molecule has 9 heteroatoms. The molecular formula is C37H37Cl2FN2O4. The third-order valence-electron chi connectivity index (χ3n) is 8.76. The van der Waals surface area contributed by atoms with Crippen LogP contribution in [0.2, 0.25) is 10.0 Å². The number of fused-ring (bicyclic) bond motifs is 2. The van der Waals surface area contributed by atoms with Gasteiger partial charge in [-0.15, -0.1) is 0 Å². The summed E-state index contributed by atoms with van der Waals surface area (Å²) in [6.07, 6.45) is 0.945. The van der Waals surface area contributed by atoms with Crippen LogP contribution in [-0.4, -0.2) is 42.5 Å². The third-order valence-corrected chi connectivity index (χ3v) is 9.50. The summed E-state index contributed by atoms with van der Waals surface area (Å²) in [6.45, 7) is 4.45. The van der Waals surface area contributed by atoms with Gasteiger partial charge in [0.05, 0.1) is 17.2 Å². The molecule has 0 saturated heterocycles. The molecule has 0 amide bonds. The van der Waals surface area contributed by atoms with E-state index >= 15 is 0 Å². The first-order valence-electron chi connectivity index (χ1n) is 15.5. The van der Waals surface area contributed by atoms with E-state index in [1.807, 2.05) is 30.3 Å². The molecule has 240 valence electrons. The fourth-order valence-electron chi connectivity index (χ4n) is 6.39. The zero-order chi connectivity index (χ0) is 32.4. The highest BCUT2D eigenvalue weighted by atomic mass is 35.5. The minimum Gasteiger partial charge on any atom is -0.486 e. The van der Waals surface area contributed by atoms with Crippen molar-refractivity contribution < 1.29 is 23.4 Å². The summed E-state index contributed by atoms with van der Waals surface area (Å²) in [6, 6.07) is 24.0. The molecule has 0 unspecified atom stereocenters. The largest absolute Gasteiger partial charge is 0.486 e. The minimum atomic E-state index is -0.458. The molecule has 0 bridgehead atoms. The summed E-state index contributed by atoms with van der Waals surface area (Å²) in [5, 5.41) is 1.03. The van der Waals surface area contributed by atoms with Crippen molar-refractivity contribution in [3.63, 3.8) is 0 Å². The second-order valence-corrected chi connectivity index (χ2v) is 12.9. The molecule has 4 aromatic carbocycles. The molecule has 0 N–H and O–H groups in total. The van der Waals surface area contributed by atoms with Gasteiger partial charge in [-0.25, -0.2) is 4.39 Å². The highest BCUT2D eigenvalue weighted by Crippen LogP contribution is 2.37. The van der Waals surface area contributed by atoms with Crippen LogP contribution in [0.3, 0.4) is 0 Å². The predicted octanol–water partition coefficient (Wildman–Crippen LogP) is 8.33. The molecule has 3 atom stereocenters. The zero-order valence-electron chi connectivity index (χ0n) is 26.1. The lowest BCUT2D eigenvalue weighted by Gasteiger charge is -2.35. The van der Waals surface area contributed by atoms with Gasteiger partial charge < -0.3 is 14.2 Å². The lowest BCUT2D eigenvalue weighted by Crippen LogP contribution is -2.45. The van der Waals surface area contributed by atoms with Gasteiger partial charge in [-0.1, -0.05) is 66.5 Å². The second-order valence-electron chi connectivity index (χ2n) is 12.1. The number of rotatable bonds is 8. The SMILES string of the molecule is CC[C@@H](Oc1ccc([C@H]2CN(C)Cc3cc4c(cc3O2)CN(Cc2cccc(F)c2)[C@H](C(=O)OC)C4)cc1)c1ccc(Cl)c(Cl)c1. The summed E-state index contributed by atoms with van der Waals surface area (Å²) >= 11 is 12.4. The number of esters is 1. The van der Waals surface area contributed by atoms with E-state index in [1.165, 1.54) is 19.2 Å². The molecule has 6 nitrogen and oxygen atoms in total. The highest BCUT2D eigenvalue weighted by Gasteiger charge is 2.34. The number of ether oxygens (including phenoxy) is 3. The van der Waals surface area contributed by atoms with Crippen LogP contribution in [-0.2, 0) is 35.6 Å². The number of hydrogen-bond donors (Lipinski definition) is 0. The van der Waals surface area contributed by atoms with Crippen LogP contribution in [0.5, 0.6) is 11.5 Å². The fourth-order valence-corrected chi connectivity index (χ4v) is 6.69. The maximum Gasteiger partial charge on any atom is 0.323 e. The van der Waals surface area contributed by atoms with Crippen LogP contribution in [0.4, 0.5) is 4.39 Å². The van der Waals surface area contributed by atoms with Crippen LogP contribution in [0.1, 0.15) is 58.9 Å². The molecule has 6 rings (SSSR count). The standard InChI is InChI=1S/C37H37Cl2FN2O4/c1-4-34(25-10-13-31(38)32(39)16-25)45-30-11-8-24(9-12-30)36-22-41(2)20-28-15-26-17-33(37(43)44-3)42(21-27(26)18-35(28)46-36)19-23-6-5-7-29(40)14-23/h5-16,18,33-34,36H,4,17,19-22H2,1-3H3/t33-,34+,36+/m0/s1. The average Bonchev–Trinajstić information content (AvgIpc) is 3.21. The van der Waals surface area contributed by atoms with Crippen molar-refractivity contribution >= 4 is 29.2 Å². The van der Waals surface area contributed by atoms with E-state index in [0.29, 0.717) is 36.1 Å². The van der Waals surface area contributed by atoms with E-state index < -0.39 is 6.04 Å². The summed E-state index contributed by atoms with van der Waals surface area (Å²) in [4.78, 5) is 17.2. The van der Waals surface area contributed by atoms with Gasteiger partial charge in [0.25, 0.3) is 0 Å². The molecule has 0 fully saturated rings. The Kier molecular flexibility index (Phi) is 9.85. The van der Waals surface area contributed by atoms with Crippen molar-refractivity contribution in [1.82, 2.24) is 9.80 Å². The maximum absolute atomic E-state index is 14.0. The van der Waals surface area contributed by atoms with Crippen LogP contribution in [0.25, 0.3) is 0 Å². The molecule has 2 aliphatic heterocycles. The lowest BCUT2D eigenvalue weighted by atomic mass is 9.91. The quantitative estimate of drug-likeness (QED) is 0.177. The number of halogens is 3. The first-order chi connectivity index (χ1) is 22.2. The van der Waals surface area contributed by atoms with E-state index in [9.17, 15) is 9.18 Å². The average molecular weight is 664 g/mol. The molecule has 46 heavy (non-hydrogen) atoms. The van der Waals surface area contributed by atoms with Crippen LogP contribution >= 0.6 is 23.2 Å². The van der Waals surface area contributed by atoms with Crippen molar-refractivity contribution in [1.29, 1.82) is 0 Å². The number of likely N-dealkylation sites (N-methyl/N-ethyl adjacent to an activating group) is 1. The van der Waals surface area contributed by atoms with E-state index in [2.05, 4.69) is 48.0 Å². The normalized spacial score (nSPS) is 18.9. The Morgan fingerprint density at radius 3 is 2.50 bits per heavy atom. The monoisotopic (exact) mass is 662 g/mol. The van der Waals surface area contributed by atoms with Crippen molar-refractivity contribution in [2.45, 2.75) is 57.6 Å². The fraction of sp³-hybridized carbons (Fsp3) is 0.324. The number of carbonyl (C=O) groups excluding carboxylic acids is 1. The Balaban J connectivity index is 1.22. The predicted molar refractivity (Wildman–Crippen MR) is 178 cm³/mol. The van der Waals surface area contributed by atoms with E-state index in [4.69, 9.17) is 37.4 Å². The molecule has 0 aliphatic carbocycles. The van der Waals surface area contributed by atoms with Crippen molar-refractivity contribution in [2.75, 3.05) is 20.7 Å². The van der Waals surface area contributed by atoms with Gasteiger partial charge in [0.1, 0.15) is 35.6 Å². The van der Waals surface area contributed by atoms with Crippen LogP contribution in [0, 0.1) is 5.82 Å². The van der Waals surface area contributed by atoms with E-state index in [0.717, 1.165) is 57.8 Å². The summed E-state index contributed by atoms with van der Waals surface area (Å²) in [7, 11) is 3.50. The Morgan fingerprint density at radius 2 is 1.78 bits per heavy atom. The maximum atomic E-state index is 14.0. The summed E-state index contributed by atoms with van der Waals surface area (Å²) < 4.78 is 32.2. The van der Waals surface area contributed by atoms with E-state index in [-0.39, 0.29) is 24.0 Å². The second kappa shape index (κ2) is 14.0. The van der Waals surface area contributed by atoms with E-state index in [1.54, 1.807) is 12.1 Å². The Labute approximate surface area is 279 Å². The molecule has 0 aromatic heterocycles. The number of carbonyl (C=O) groups is 1. The van der Waals surface area contributed by atoms with Gasteiger partial charge in [0, 0.05) is 31.7 Å². The van der Waals surface area contributed by atoms with Gasteiger partial charge in [-0.05, 0) is 90.2 Å². The summed E-state index contributed by atoms with van der Waals surface area (Å²) in [5.41, 5.74) is 6.11. The summed E-state index contributed by atoms with van der Waals surface area (Å²) in [5.74, 6) is 1.01. The van der Waals surface area contributed by atoms with Gasteiger partial charge in [0.2, 0.25) is 0 Å². The molecule has 0 saturated carbocycles. The number of hydrogen-bond acceptors (Lipinski definition) is 6. The van der Waals surface area contributed by atoms with Gasteiger partial charge in [-0.3, -0.25) is 14.6 Å². The lowest BCUT2D eigenvalue weighted by molar-refractivity contribution is -0.148. The molecule has 4 aromatic rings. The minimum absolute atomic E-state index is 0.154. The van der Waals surface area contributed by atoms with Crippen molar-refractivity contribution in [3.8, 4) is 11.5 Å². The Bertz CT molecular complexity index is 1720. The van der Waals surface area contributed by atoms with Crippen molar-refractivity contribution in [2.24, 2.45) is 0 Å². The van der Waals surface area contributed by atoms with Crippen molar-refractivity contribution in [3.05, 3.63) is 128 Å². The first kappa shape index (κ1) is 32.3. The number of benzene rings is 4. The molecule has 2 heterocycles. The van der Waals surface area contributed by atoms with Crippen LogP contribution < -0.4 is 9.47 Å². The molecule has 2 aliphatic rings. The van der Waals surface area contributed by atoms with Crippen LogP contribution in [0.15, 0.2) is 78.9 Å². The highest BCUT2D eigenvalue weighted by molar-refractivity contribution is 6.42. The topological polar surface area (TPSA) is 51.2 Å². The van der Waals surface area contributed by atoms with Gasteiger partial charge >= 0.3 is 5.97 Å². The first-order valence-corrected chi connectivity index (χ1v) is 16.2. The Hall–Kier alpha value is -3.62. The zero-order valence-corrected chi connectivity index (χ0v) is 27.7. The molecule has 0 spiro atoms.